The molecule has 2 heterocycles. The van der Waals surface area contributed by atoms with Crippen LogP contribution in [-0.4, -0.2) is 59.8 Å². The molecular formula is C17H21N3O4S2. The van der Waals surface area contributed by atoms with Crippen molar-refractivity contribution >= 4 is 27.5 Å². The summed E-state index contributed by atoms with van der Waals surface area (Å²) in [5.74, 6) is 0.578. The topological polar surface area (TPSA) is 93.4 Å². The van der Waals surface area contributed by atoms with Gasteiger partial charge in [0, 0.05) is 18.7 Å². The summed E-state index contributed by atoms with van der Waals surface area (Å²) < 4.78 is 28.8. The van der Waals surface area contributed by atoms with Gasteiger partial charge >= 0.3 is 0 Å². The molecule has 0 N–H and O–H groups in total. The predicted octanol–water partition coefficient (Wildman–Crippen LogP) is 2.09. The largest absolute Gasteiger partial charge is 0.411 e. The quantitative estimate of drug-likeness (QED) is 0.716. The van der Waals surface area contributed by atoms with Gasteiger partial charge in [0.2, 0.25) is 11.8 Å². The Kier molecular flexibility index (Phi) is 5.38. The summed E-state index contributed by atoms with van der Waals surface area (Å²) in [5.41, 5.74) is 3.06. The fourth-order valence-corrected chi connectivity index (χ4v) is 5.45. The van der Waals surface area contributed by atoms with E-state index in [1.54, 1.807) is 7.05 Å². The van der Waals surface area contributed by atoms with E-state index in [1.807, 2.05) is 26.0 Å². The van der Waals surface area contributed by atoms with Gasteiger partial charge in [0.05, 0.1) is 17.3 Å². The van der Waals surface area contributed by atoms with Crippen LogP contribution in [0, 0.1) is 13.8 Å². The molecule has 0 bridgehead atoms. The van der Waals surface area contributed by atoms with E-state index in [4.69, 9.17) is 4.42 Å². The van der Waals surface area contributed by atoms with Crippen LogP contribution in [0.15, 0.2) is 27.8 Å². The number of rotatable bonds is 5. The summed E-state index contributed by atoms with van der Waals surface area (Å²) in [4.78, 5) is 13.8. The highest BCUT2D eigenvalue weighted by Gasteiger charge is 2.32. The molecule has 140 valence electrons. The first kappa shape index (κ1) is 18.9. The predicted molar refractivity (Wildman–Crippen MR) is 99.8 cm³/mol. The summed E-state index contributed by atoms with van der Waals surface area (Å²) in [5, 5.41) is 8.35. The fraction of sp³-hybridized carbons (Fsp3) is 0.471. The molecule has 2 aromatic rings. The maximum atomic E-state index is 12.3. The van der Waals surface area contributed by atoms with Crippen molar-refractivity contribution in [3.05, 3.63) is 29.3 Å². The summed E-state index contributed by atoms with van der Waals surface area (Å²) in [7, 11) is -1.38. The van der Waals surface area contributed by atoms with Gasteiger partial charge in [-0.25, -0.2) is 8.42 Å². The molecule has 1 saturated heterocycles. The number of aryl methyl sites for hydroxylation is 2. The number of hydrogen-bond acceptors (Lipinski definition) is 7. The second kappa shape index (κ2) is 7.40. The number of aromatic nitrogens is 2. The van der Waals surface area contributed by atoms with Gasteiger partial charge in [-0.05, 0) is 32.4 Å². The Hall–Kier alpha value is -1.87. The van der Waals surface area contributed by atoms with Gasteiger partial charge in [-0.1, -0.05) is 29.0 Å². The minimum atomic E-state index is -3.02. The summed E-state index contributed by atoms with van der Waals surface area (Å²) in [6, 6.07) is 5.75. The highest BCUT2D eigenvalue weighted by molar-refractivity contribution is 7.99. The molecule has 3 rings (SSSR count). The second-order valence-corrected chi connectivity index (χ2v) is 9.76. The van der Waals surface area contributed by atoms with Gasteiger partial charge < -0.3 is 9.32 Å². The Labute approximate surface area is 157 Å². The lowest BCUT2D eigenvalue weighted by Gasteiger charge is -2.22. The smallest absolute Gasteiger partial charge is 0.277 e. The number of carbonyl (C=O) groups is 1. The molecule has 0 aliphatic carbocycles. The molecule has 7 nitrogen and oxygen atoms in total. The molecule has 0 spiro atoms. The number of nitrogens with zero attached hydrogens (tertiary/aromatic N) is 3. The zero-order valence-corrected chi connectivity index (χ0v) is 16.6. The molecule has 26 heavy (non-hydrogen) atoms. The van der Waals surface area contributed by atoms with Crippen LogP contribution in [0.1, 0.15) is 17.5 Å². The average molecular weight is 396 g/mol. The number of amides is 1. The first-order valence-electron chi connectivity index (χ1n) is 8.24. The zero-order valence-electron chi connectivity index (χ0n) is 14.9. The number of hydrogen-bond donors (Lipinski definition) is 0. The first-order chi connectivity index (χ1) is 12.2. The van der Waals surface area contributed by atoms with Gasteiger partial charge in [-0.2, -0.15) is 0 Å². The first-order valence-corrected chi connectivity index (χ1v) is 11.1. The van der Waals surface area contributed by atoms with Crippen molar-refractivity contribution in [2.24, 2.45) is 0 Å². The molecular weight excluding hydrogens is 374 g/mol. The Bertz CT molecular complexity index is 904. The molecule has 1 atom stereocenters. The van der Waals surface area contributed by atoms with E-state index in [-0.39, 0.29) is 29.2 Å². The van der Waals surface area contributed by atoms with E-state index in [0.717, 1.165) is 28.5 Å². The maximum absolute atomic E-state index is 12.3. The normalized spacial score (nSPS) is 18.8. The monoisotopic (exact) mass is 395 g/mol. The Balaban J connectivity index is 1.60. The Morgan fingerprint density at radius 3 is 2.58 bits per heavy atom. The summed E-state index contributed by atoms with van der Waals surface area (Å²) in [6.45, 7) is 4.00. The molecule has 0 unspecified atom stereocenters. The number of carbonyl (C=O) groups excluding carboxylic acids is 1. The molecule has 1 aromatic heterocycles. The van der Waals surface area contributed by atoms with E-state index in [0.29, 0.717) is 17.5 Å². The van der Waals surface area contributed by atoms with E-state index in [2.05, 4.69) is 16.3 Å². The van der Waals surface area contributed by atoms with Crippen molar-refractivity contribution in [1.82, 2.24) is 15.1 Å². The van der Waals surface area contributed by atoms with E-state index < -0.39 is 9.84 Å². The van der Waals surface area contributed by atoms with Crippen LogP contribution in [0.3, 0.4) is 0 Å². The second-order valence-electron chi connectivity index (χ2n) is 6.60. The van der Waals surface area contributed by atoms with Crippen LogP contribution in [-0.2, 0) is 14.6 Å². The summed E-state index contributed by atoms with van der Waals surface area (Å²) >= 11 is 1.16. The van der Waals surface area contributed by atoms with Crippen LogP contribution in [0.2, 0.25) is 0 Å². The molecule has 1 fully saturated rings. The van der Waals surface area contributed by atoms with Crippen LogP contribution >= 0.6 is 11.8 Å². The van der Waals surface area contributed by atoms with Crippen LogP contribution in [0.4, 0.5) is 0 Å². The van der Waals surface area contributed by atoms with Crippen molar-refractivity contribution in [1.29, 1.82) is 0 Å². The molecule has 1 aliphatic heterocycles. The molecule has 9 heteroatoms. The lowest BCUT2D eigenvalue weighted by atomic mass is 10.1. The maximum Gasteiger partial charge on any atom is 0.277 e. The van der Waals surface area contributed by atoms with Gasteiger partial charge in [0.25, 0.3) is 5.22 Å². The molecule has 1 aromatic carbocycles. The van der Waals surface area contributed by atoms with Gasteiger partial charge in [-0.3, -0.25) is 4.79 Å². The molecule has 1 aliphatic rings. The standard InChI is InChI=1S/C17H21N3O4S2/c1-11-6-12(2)8-13(7-11)16-18-19-17(24-16)25-9-15(21)20(3)14-4-5-26(22,23)10-14/h6-8,14H,4-5,9-10H2,1-3H3/t14-/m0/s1. The highest BCUT2D eigenvalue weighted by Crippen LogP contribution is 2.25. The Morgan fingerprint density at radius 1 is 1.27 bits per heavy atom. The molecule has 0 saturated carbocycles. The van der Waals surface area contributed by atoms with Crippen LogP contribution in [0.25, 0.3) is 11.5 Å². The number of benzene rings is 1. The lowest BCUT2D eigenvalue weighted by molar-refractivity contribution is -0.128. The van der Waals surface area contributed by atoms with Crippen molar-refractivity contribution in [2.45, 2.75) is 31.5 Å². The highest BCUT2D eigenvalue weighted by atomic mass is 32.2. The van der Waals surface area contributed by atoms with Gasteiger partial charge in [0.1, 0.15) is 0 Å². The van der Waals surface area contributed by atoms with Crippen LogP contribution in [0.5, 0.6) is 0 Å². The van der Waals surface area contributed by atoms with Gasteiger partial charge in [0.15, 0.2) is 9.84 Å². The van der Waals surface area contributed by atoms with Crippen molar-refractivity contribution in [3.8, 4) is 11.5 Å². The van der Waals surface area contributed by atoms with Crippen molar-refractivity contribution in [2.75, 3.05) is 24.3 Å². The third kappa shape index (κ3) is 4.45. The minimum Gasteiger partial charge on any atom is -0.411 e. The lowest BCUT2D eigenvalue weighted by Crippen LogP contribution is -2.38. The number of thioether (sulfide) groups is 1. The molecule has 1 amide bonds. The van der Waals surface area contributed by atoms with Crippen LogP contribution < -0.4 is 0 Å². The van der Waals surface area contributed by atoms with E-state index in [1.165, 1.54) is 4.90 Å². The summed E-state index contributed by atoms with van der Waals surface area (Å²) in [6.07, 6.45) is 0.493. The van der Waals surface area contributed by atoms with Gasteiger partial charge in [-0.15, -0.1) is 10.2 Å². The number of sulfone groups is 1. The molecule has 0 radical (unpaired) electrons. The van der Waals surface area contributed by atoms with E-state index >= 15 is 0 Å². The van der Waals surface area contributed by atoms with Crippen molar-refractivity contribution < 1.29 is 17.6 Å². The Morgan fingerprint density at radius 2 is 1.96 bits per heavy atom. The minimum absolute atomic E-state index is 0.0390. The third-order valence-corrected chi connectivity index (χ3v) is 6.90. The average Bonchev–Trinajstić information content (AvgIpc) is 3.17. The third-order valence-electron chi connectivity index (χ3n) is 4.34. The van der Waals surface area contributed by atoms with E-state index in [9.17, 15) is 13.2 Å². The van der Waals surface area contributed by atoms with Crippen molar-refractivity contribution in [3.63, 3.8) is 0 Å². The zero-order chi connectivity index (χ0) is 18.9. The fourth-order valence-electron chi connectivity index (χ4n) is 2.99. The SMILES string of the molecule is Cc1cc(C)cc(-c2nnc(SCC(=O)N(C)[C@H]3CCS(=O)(=O)C3)o2)c1.